The number of carboxylic acids is 1. The Labute approximate surface area is 106 Å². The van der Waals surface area contributed by atoms with Crippen LogP contribution >= 0.6 is 23.5 Å². The Morgan fingerprint density at radius 3 is 2.88 bits per heavy atom. The number of aliphatic carboxylic acids is 1. The minimum absolute atomic E-state index is 0.0187. The third kappa shape index (κ3) is 2.14. The molecule has 1 saturated heterocycles. The van der Waals surface area contributed by atoms with Crippen molar-refractivity contribution in [3.8, 4) is 0 Å². The number of carbonyl (C=O) groups is 3. The number of carbonyl (C=O) groups excluding carboxylic acids is 2. The van der Waals surface area contributed by atoms with Gasteiger partial charge in [0.1, 0.15) is 0 Å². The maximum Gasteiger partial charge on any atom is 0.354 e. The summed E-state index contributed by atoms with van der Waals surface area (Å²) in [6.45, 7) is 0. The molecule has 0 aliphatic carbocycles. The number of hydrogen-bond donors (Lipinski definition) is 2. The van der Waals surface area contributed by atoms with Crippen LogP contribution in [0.4, 0.5) is 0 Å². The normalized spacial score (nSPS) is 22.3. The van der Waals surface area contributed by atoms with Gasteiger partial charge in [-0.1, -0.05) is 11.8 Å². The van der Waals surface area contributed by atoms with Crippen LogP contribution in [0.1, 0.15) is 6.42 Å². The summed E-state index contributed by atoms with van der Waals surface area (Å²) in [5.74, 6) is -1.30. The molecule has 6 nitrogen and oxygen atoms in total. The van der Waals surface area contributed by atoms with Crippen LogP contribution in [0.15, 0.2) is 9.93 Å². The van der Waals surface area contributed by atoms with Gasteiger partial charge in [0.25, 0.3) is 0 Å². The fourth-order valence-corrected chi connectivity index (χ4v) is 4.13. The van der Waals surface area contributed by atoms with E-state index in [0.717, 1.165) is 11.8 Å². The van der Waals surface area contributed by atoms with Gasteiger partial charge < -0.3 is 10.4 Å². The number of hydrogen-bond acceptors (Lipinski definition) is 5. The summed E-state index contributed by atoms with van der Waals surface area (Å²) in [7, 11) is 1.52. The monoisotopic (exact) mass is 274 g/mol. The first-order chi connectivity index (χ1) is 8.04. The van der Waals surface area contributed by atoms with Gasteiger partial charge in [-0.3, -0.25) is 14.5 Å². The zero-order chi connectivity index (χ0) is 12.6. The van der Waals surface area contributed by atoms with Crippen molar-refractivity contribution in [3.05, 3.63) is 9.93 Å². The van der Waals surface area contributed by atoms with E-state index in [2.05, 4.69) is 5.32 Å². The average Bonchev–Trinajstić information content (AvgIpc) is 2.58. The number of fused-ring (bicyclic) bond motifs is 1. The van der Waals surface area contributed by atoms with E-state index in [-0.39, 0.29) is 28.6 Å². The van der Waals surface area contributed by atoms with E-state index in [9.17, 15) is 14.4 Å². The molecule has 0 unspecified atom stereocenters. The largest absolute Gasteiger partial charge is 0.477 e. The highest BCUT2D eigenvalue weighted by Gasteiger charge is 2.48. The minimum Gasteiger partial charge on any atom is -0.477 e. The first kappa shape index (κ1) is 12.3. The Bertz CT molecular complexity index is 435. The van der Waals surface area contributed by atoms with Crippen molar-refractivity contribution in [1.82, 2.24) is 10.2 Å². The van der Waals surface area contributed by atoms with Crippen LogP contribution in [0, 0.1) is 0 Å². The van der Waals surface area contributed by atoms with Crippen LogP contribution in [-0.4, -0.2) is 46.0 Å². The van der Waals surface area contributed by atoms with E-state index < -0.39 is 5.97 Å². The van der Waals surface area contributed by atoms with Gasteiger partial charge in [0, 0.05) is 7.05 Å². The molecule has 2 aliphatic rings. The molecule has 0 radical (unpaired) electrons. The Morgan fingerprint density at radius 1 is 1.65 bits per heavy atom. The molecule has 0 spiro atoms. The zero-order valence-electron chi connectivity index (χ0n) is 8.93. The highest BCUT2D eigenvalue weighted by molar-refractivity contribution is 8.23. The van der Waals surface area contributed by atoms with E-state index in [1.807, 2.05) is 0 Å². The summed E-state index contributed by atoms with van der Waals surface area (Å²) >= 11 is 2.50. The van der Waals surface area contributed by atoms with Gasteiger partial charge in [-0.25, -0.2) is 4.79 Å². The van der Waals surface area contributed by atoms with Crippen LogP contribution in [0.5, 0.6) is 0 Å². The lowest BCUT2D eigenvalue weighted by molar-refractivity contribution is -0.145. The molecule has 0 aromatic carbocycles. The highest BCUT2D eigenvalue weighted by Crippen LogP contribution is 2.50. The molecule has 0 aromatic heterocycles. The predicted octanol–water partition coefficient (Wildman–Crippen LogP) is 0.0245. The molecule has 2 heterocycles. The third-order valence-electron chi connectivity index (χ3n) is 2.40. The molecule has 2 aliphatic heterocycles. The summed E-state index contributed by atoms with van der Waals surface area (Å²) in [5.41, 5.74) is 0.0187. The van der Waals surface area contributed by atoms with Gasteiger partial charge in [-0.2, -0.15) is 0 Å². The Hall–Kier alpha value is -1.15. The third-order valence-corrected chi connectivity index (χ3v) is 4.96. The van der Waals surface area contributed by atoms with Crippen LogP contribution in [0.25, 0.3) is 0 Å². The number of β-lactam (4-membered cyclic amide) rings is 1. The molecule has 0 bridgehead atoms. The van der Waals surface area contributed by atoms with Crippen molar-refractivity contribution >= 4 is 41.3 Å². The van der Waals surface area contributed by atoms with E-state index in [1.54, 1.807) is 0 Å². The molecule has 8 heteroatoms. The van der Waals surface area contributed by atoms with Gasteiger partial charge in [0.05, 0.1) is 21.8 Å². The van der Waals surface area contributed by atoms with E-state index in [4.69, 9.17) is 5.11 Å². The smallest absolute Gasteiger partial charge is 0.354 e. The van der Waals surface area contributed by atoms with Crippen LogP contribution in [-0.2, 0) is 14.4 Å². The van der Waals surface area contributed by atoms with Crippen LogP contribution in [0.2, 0.25) is 0 Å². The van der Waals surface area contributed by atoms with Gasteiger partial charge >= 0.3 is 5.97 Å². The standard InChI is InChI=1S/C9H10N2O4S2/c1-10-4(12)3-16-9-7(8(14)15)11-5(13)2-6(11)17-9/h6H,2-3H2,1H3,(H,10,12)(H,14,15)/t6-/m0/s1. The molecule has 92 valence electrons. The summed E-state index contributed by atoms with van der Waals surface area (Å²) < 4.78 is 0.539. The van der Waals surface area contributed by atoms with Gasteiger partial charge in [0.15, 0.2) is 5.70 Å². The topological polar surface area (TPSA) is 86.7 Å². The number of nitrogens with zero attached hydrogens (tertiary/aromatic N) is 1. The van der Waals surface area contributed by atoms with Crippen molar-refractivity contribution in [1.29, 1.82) is 0 Å². The Kier molecular flexibility index (Phi) is 3.34. The number of rotatable bonds is 4. The lowest BCUT2D eigenvalue weighted by atomic mass is 10.2. The second-order valence-corrected chi connectivity index (χ2v) is 5.88. The van der Waals surface area contributed by atoms with Crippen molar-refractivity contribution in [2.45, 2.75) is 11.8 Å². The fourth-order valence-electron chi connectivity index (χ4n) is 1.52. The van der Waals surface area contributed by atoms with Crippen LogP contribution < -0.4 is 5.32 Å². The number of nitrogens with one attached hydrogen (secondary N) is 1. The summed E-state index contributed by atoms with van der Waals surface area (Å²) in [6, 6.07) is 0. The molecular weight excluding hydrogens is 264 g/mol. The molecule has 0 saturated carbocycles. The Balaban J connectivity index is 2.12. The van der Waals surface area contributed by atoms with Crippen LogP contribution in [0.3, 0.4) is 0 Å². The number of carboxylic acid groups (broad SMARTS) is 1. The first-order valence-corrected chi connectivity index (χ1v) is 6.70. The zero-order valence-corrected chi connectivity index (χ0v) is 10.6. The maximum absolute atomic E-state index is 11.3. The quantitative estimate of drug-likeness (QED) is 0.703. The fraction of sp³-hybridized carbons (Fsp3) is 0.444. The summed E-state index contributed by atoms with van der Waals surface area (Å²) in [5, 5.41) is 11.4. The van der Waals surface area contributed by atoms with E-state index >= 15 is 0 Å². The molecule has 17 heavy (non-hydrogen) atoms. The summed E-state index contributed by atoms with van der Waals surface area (Å²) in [4.78, 5) is 34.8. The molecule has 2 N–H and O–H groups in total. The average molecular weight is 274 g/mol. The molecule has 2 rings (SSSR count). The number of thioether (sulfide) groups is 2. The molecular formula is C9H10N2O4S2. The van der Waals surface area contributed by atoms with Crippen molar-refractivity contribution in [3.63, 3.8) is 0 Å². The lowest BCUT2D eigenvalue weighted by Gasteiger charge is -2.33. The summed E-state index contributed by atoms with van der Waals surface area (Å²) in [6.07, 6.45) is 0.367. The van der Waals surface area contributed by atoms with Gasteiger partial charge in [-0.15, -0.1) is 11.8 Å². The molecule has 0 aromatic rings. The molecule has 1 atom stereocenters. The number of amides is 2. The van der Waals surface area contributed by atoms with E-state index in [0.29, 0.717) is 10.7 Å². The Morgan fingerprint density at radius 2 is 2.35 bits per heavy atom. The second-order valence-electron chi connectivity index (χ2n) is 3.44. The van der Waals surface area contributed by atoms with Gasteiger partial charge in [-0.05, 0) is 0 Å². The van der Waals surface area contributed by atoms with Crippen molar-refractivity contribution in [2.75, 3.05) is 12.8 Å². The van der Waals surface area contributed by atoms with Gasteiger partial charge in [0.2, 0.25) is 11.8 Å². The molecule has 2 amide bonds. The van der Waals surface area contributed by atoms with Crippen molar-refractivity contribution < 1.29 is 19.5 Å². The SMILES string of the molecule is CNC(=O)CSC1=C(C(=O)O)N2C(=O)C[C@@H]2S1. The predicted molar refractivity (Wildman–Crippen MR) is 64.0 cm³/mol. The maximum atomic E-state index is 11.3. The highest BCUT2D eigenvalue weighted by atomic mass is 32.2. The second kappa shape index (κ2) is 4.61. The van der Waals surface area contributed by atoms with E-state index in [1.165, 1.54) is 23.7 Å². The first-order valence-electron chi connectivity index (χ1n) is 4.84. The lowest BCUT2D eigenvalue weighted by Crippen LogP contribution is -2.48. The van der Waals surface area contributed by atoms with Crippen molar-refractivity contribution in [2.24, 2.45) is 0 Å². The molecule has 1 fully saturated rings. The minimum atomic E-state index is -1.12.